The van der Waals surface area contributed by atoms with Gasteiger partial charge in [-0.15, -0.1) is 0 Å². The number of aromatic nitrogens is 3. The van der Waals surface area contributed by atoms with E-state index in [1.165, 1.54) is 17.8 Å². The lowest BCUT2D eigenvalue weighted by molar-refractivity contribution is -0.405. The van der Waals surface area contributed by atoms with E-state index in [4.69, 9.17) is 5.26 Å². The molecular weight excluding hydrogens is 470 g/mol. The largest absolute Gasteiger partial charge is 0.341 e. The summed E-state index contributed by atoms with van der Waals surface area (Å²) in [5, 5.41) is 12.3. The number of amides is 2. The number of benzene rings is 1. The monoisotopic (exact) mass is 500 g/mol. The van der Waals surface area contributed by atoms with Gasteiger partial charge in [-0.3, -0.25) is 19.0 Å². The highest BCUT2D eigenvalue weighted by atomic mass is 16.2. The first-order valence-electron chi connectivity index (χ1n) is 12.2. The van der Waals surface area contributed by atoms with E-state index in [2.05, 4.69) is 28.4 Å². The summed E-state index contributed by atoms with van der Waals surface area (Å²) in [6.07, 6.45) is 6.15. The zero-order chi connectivity index (χ0) is 26.5. The van der Waals surface area contributed by atoms with Crippen molar-refractivity contribution in [3.05, 3.63) is 48.4 Å². The molecule has 2 aromatic heterocycles. The van der Waals surface area contributed by atoms with Crippen LogP contribution in [0.4, 0.5) is 11.5 Å². The average Bonchev–Trinajstić information content (AvgIpc) is 3.31. The molecule has 4 rings (SSSR count). The predicted octanol–water partition coefficient (Wildman–Crippen LogP) is 3.02. The number of nitrogens with zero attached hydrogens (tertiary/aromatic N) is 6. The van der Waals surface area contributed by atoms with Gasteiger partial charge in [0.25, 0.3) is 0 Å². The molecule has 1 aromatic carbocycles. The minimum atomic E-state index is -0.150. The normalized spacial score (nSPS) is 17.9. The molecule has 3 heterocycles. The topological polar surface area (TPSA) is 124 Å². The molecule has 0 radical (unpaired) electrons. The number of fused-ring (bicyclic) bond motifs is 1. The van der Waals surface area contributed by atoms with Gasteiger partial charge in [-0.1, -0.05) is 19.1 Å². The minimum absolute atomic E-state index is 0.107. The van der Waals surface area contributed by atoms with Crippen molar-refractivity contribution in [3.63, 3.8) is 0 Å². The van der Waals surface area contributed by atoms with E-state index < -0.39 is 0 Å². The molecule has 0 saturated carbocycles. The van der Waals surface area contributed by atoms with E-state index >= 15 is 0 Å². The van der Waals surface area contributed by atoms with Crippen molar-refractivity contribution in [3.8, 4) is 6.07 Å². The summed E-state index contributed by atoms with van der Waals surface area (Å²) >= 11 is 0. The minimum Gasteiger partial charge on any atom is -0.341 e. The molecule has 2 atom stereocenters. The molecule has 1 fully saturated rings. The summed E-state index contributed by atoms with van der Waals surface area (Å²) in [5.41, 5.74) is 2.02. The van der Waals surface area contributed by atoms with Crippen LogP contribution in [0.3, 0.4) is 0 Å². The number of nitriles is 1. The standard InChI is InChI=1S/C27H29N7O3/c1-18-9-12-33(24(36)8-11-28)16-21(18)15-32(3)26-23-10-13-34(27(23)30-17-29-26)25(37)14-20-4-6-22(7-5-20)31-19(2)35/h4-7,10,13,15,17-18,21H,8-9,12,14,16H2,1-3H3/p+1/t18-,21?/m1/s1. The molecule has 3 aromatic rings. The van der Waals surface area contributed by atoms with E-state index in [-0.39, 0.29) is 36.5 Å². The number of piperidine rings is 1. The van der Waals surface area contributed by atoms with E-state index in [0.29, 0.717) is 36.2 Å². The number of hydrogen-bond donors (Lipinski definition) is 1. The molecular formula is C27H30N7O3+. The van der Waals surface area contributed by atoms with Crippen molar-refractivity contribution in [2.45, 2.75) is 33.1 Å². The Morgan fingerprint density at radius 1 is 1.19 bits per heavy atom. The van der Waals surface area contributed by atoms with Crippen LogP contribution in [0.1, 0.15) is 37.0 Å². The van der Waals surface area contributed by atoms with Gasteiger partial charge in [0.05, 0.1) is 25.8 Å². The SMILES string of the molecule is CC(=O)Nc1ccc(CC(=O)n2ccc3c([N+](C)=CC4CN(C(=O)CC#N)CC[C@H]4C)ncnc32)cc1. The Labute approximate surface area is 215 Å². The number of carbonyl (C=O) groups excluding carboxylic acids is 3. The van der Waals surface area contributed by atoms with Crippen molar-refractivity contribution < 1.29 is 19.0 Å². The molecule has 1 unspecified atom stereocenters. The molecule has 190 valence electrons. The third-order valence-corrected chi connectivity index (χ3v) is 6.71. The zero-order valence-electron chi connectivity index (χ0n) is 21.2. The quantitative estimate of drug-likeness (QED) is 0.410. The lowest BCUT2D eigenvalue weighted by Gasteiger charge is -2.34. The number of likely N-dealkylation sites (tertiary alicyclic amines) is 1. The maximum Gasteiger partial charge on any atom is 0.335 e. The highest BCUT2D eigenvalue weighted by Crippen LogP contribution is 2.26. The Morgan fingerprint density at radius 2 is 1.95 bits per heavy atom. The third-order valence-electron chi connectivity index (χ3n) is 6.71. The molecule has 1 aliphatic heterocycles. The van der Waals surface area contributed by atoms with Crippen LogP contribution in [0.5, 0.6) is 0 Å². The average molecular weight is 501 g/mol. The van der Waals surface area contributed by atoms with Gasteiger partial charge < -0.3 is 10.2 Å². The summed E-state index contributed by atoms with van der Waals surface area (Å²) in [6, 6.07) is 10.9. The molecule has 0 spiro atoms. The first-order valence-corrected chi connectivity index (χ1v) is 12.2. The summed E-state index contributed by atoms with van der Waals surface area (Å²) in [6.45, 7) is 4.83. The van der Waals surface area contributed by atoms with Crippen LogP contribution in [0.25, 0.3) is 11.0 Å². The summed E-state index contributed by atoms with van der Waals surface area (Å²) in [7, 11) is 1.90. The van der Waals surface area contributed by atoms with Crippen LogP contribution in [0.15, 0.2) is 42.9 Å². The Morgan fingerprint density at radius 3 is 2.65 bits per heavy atom. The summed E-state index contributed by atoms with van der Waals surface area (Å²) in [5.74, 6) is 0.725. The highest BCUT2D eigenvalue weighted by Gasteiger charge is 2.29. The Kier molecular flexibility index (Phi) is 7.72. The van der Waals surface area contributed by atoms with E-state index in [0.717, 1.165) is 17.4 Å². The van der Waals surface area contributed by atoms with Crippen LogP contribution in [-0.2, 0) is 16.0 Å². The fraction of sp³-hybridized carbons (Fsp3) is 0.370. The molecule has 1 aliphatic rings. The van der Waals surface area contributed by atoms with Crippen LogP contribution in [0.2, 0.25) is 0 Å². The second-order valence-corrected chi connectivity index (χ2v) is 9.43. The highest BCUT2D eigenvalue weighted by molar-refractivity contribution is 5.94. The lowest BCUT2D eigenvalue weighted by Crippen LogP contribution is -2.44. The molecule has 10 heteroatoms. The van der Waals surface area contributed by atoms with E-state index in [9.17, 15) is 14.4 Å². The number of nitrogens with one attached hydrogen (secondary N) is 1. The van der Waals surface area contributed by atoms with Gasteiger partial charge in [0.2, 0.25) is 24.0 Å². The van der Waals surface area contributed by atoms with Crippen LogP contribution < -0.4 is 5.32 Å². The number of carbonyl (C=O) groups is 3. The number of anilines is 1. The van der Waals surface area contributed by atoms with Gasteiger partial charge in [-0.25, -0.2) is 4.58 Å². The zero-order valence-corrected chi connectivity index (χ0v) is 21.2. The van der Waals surface area contributed by atoms with Crippen molar-refractivity contribution >= 4 is 46.5 Å². The fourth-order valence-corrected chi connectivity index (χ4v) is 4.65. The molecule has 0 bridgehead atoms. The van der Waals surface area contributed by atoms with Crippen LogP contribution >= 0.6 is 0 Å². The lowest BCUT2D eigenvalue weighted by atomic mass is 9.87. The molecule has 37 heavy (non-hydrogen) atoms. The summed E-state index contributed by atoms with van der Waals surface area (Å²) < 4.78 is 3.46. The third kappa shape index (κ3) is 5.89. The molecule has 10 nitrogen and oxygen atoms in total. The van der Waals surface area contributed by atoms with E-state index in [1.54, 1.807) is 23.2 Å². The Bertz CT molecular complexity index is 1400. The van der Waals surface area contributed by atoms with E-state index in [1.807, 2.05) is 35.9 Å². The second-order valence-electron chi connectivity index (χ2n) is 9.43. The second kappa shape index (κ2) is 11.1. The first kappa shape index (κ1) is 25.7. The number of rotatable bonds is 6. The predicted molar refractivity (Wildman–Crippen MR) is 139 cm³/mol. The molecule has 1 saturated heterocycles. The first-order chi connectivity index (χ1) is 17.8. The van der Waals surface area contributed by atoms with Gasteiger partial charge in [0.1, 0.15) is 11.8 Å². The molecule has 0 aliphatic carbocycles. The Balaban J connectivity index is 1.54. The maximum absolute atomic E-state index is 13.1. The van der Waals surface area contributed by atoms with Crippen molar-refractivity contribution in [2.75, 3.05) is 25.5 Å². The smallest absolute Gasteiger partial charge is 0.335 e. The van der Waals surface area contributed by atoms with Crippen LogP contribution in [-0.4, -0.2) is 68.1 Å². The molecule has 2 amide bonds. The van der Waals surface area contributed by atoms with Gasteiger partial charge in [-0.2, -0.15) is 10.2 Å². The van der Waals surface area contributed by atoms with Gasteiger partial charge in [0, 0.05) is 37.8 Å². The maximum atomic E-state index is 13.1. The Hall–Kier alpha value is -4.39. The van der Waals surface area contributed by atoms with Gasteiger partial charge >= 0.3 is 5.82 Å². The molecule has 1 N–H and O–H groups in total. The fourth-order valence-electron chi connectivity index (χ4n) is 4.65. The summed E-state index contributed by atoms with van der Waals surface area (Å²) in [4.78, 5) is 47.1. The van der Waals surface area contributed by atoms with Crippen molar-refractivity contribution in [1.82, 2.24) is 19.4 Å². The van der Waals surface area contributed by atoms with Crippen molar-refractivity contribution in [2.24, 2.45) is 11.8 Å². The van der Waals surface area contributed by atoms with Crippen LogP contribution in [0, 0.1) is 23.2 Å². The van der Waals surface area contributed by atoms with Gasteiger partial charge in [-0.05, 0) is 41.1 Å². The van der Waals surface area contributed by atoms with Gasteiger partial charge in [0.15, 0.2) is 5.65 Å². The number of hydrogen-bond acceptors (Lipinski definition) is 6. The van der Waals surface area contributed by atoms with Crippen molar-refractivity contribution in [1.29, 1.82) is 5.26 Å².